The number of hydrogen-bond donors (Lipinski definition) is 0. The Morgan fingerprint density at radius 3 is 2.73 bits per heavy atom. The van der Waals surface area contributed by atoms with Crippen molar-refractivity contribution < 1.29 is 17.6 Å². The molecule has 0 N–H and O–H groups in total. The van der Waals surface area contributed by atoms with Crippen LogP contribution in [-0.4, -0.2) is 37.8 Å². The number of carbonyl (C=O) groups is 1. The zero-order valence-electron chi connectivity index (χ0n) is 12.7. The number of sulfone groups is 1. The number of para-hydroxylation sites is 1. The van der Waals surface area contributed by atoms with Crippen LogP contribution >= 0.6 is 0 Å². The highest BCUT2D eigenvalue weighted by Gasteiger charge is 2.36. The molecule has 2 atom stereocenters. The van der Waals surface area contributed by atoms with Gasteiger partial charge in [0.1, 0.15) is 11.3 Å². The van der Waals surface area contributed by atoms with Crippen LogP contribution in [0.2, 0.25) is 0 Å². The Morgan fingerprint density at radius 2 is 2.09 bits per heavy atom. The van der Waals surface area contributed by atoms with Gasteiger partial charge >= 0.3 is 0 Å². The lowest BCUT2D eigenvalue weighted by atomic mass is 10.1. The van der Waals surface area contributed by atoms with E-state index in [-0.39, 0.29) is 23.5 Å². The molecule has 1 fully saturated rings. The van der Waals surface area contributed by atoms with Gasteiger partial charge in [0.05, 0.1) is 23.5 Å². The maximum atomic E-state index is 12.5. The van der Waals surface area contributed by atoms with Gasteiger partial charge in [-0.05, 0) is 25.5 Å². The summed E-state index contributed by atoms with van der Waals surface area (Å²) >= 11 is 0. The van der Waals surface area contributed by atoms with Crippen LogP contribution in [0.15, 0.2) is 34.7 Å². The molecule has 1 amide bonds. The molecule has 2 aromatic rings. The summed E-state index contributed by atoms with van der Waals surface area (Å²) in [6.07, 6.45) is 0.415. The first kappa shape index (κ1) is 15.1. The molecule has 0 aliphatic carbocycles. The van der Waals surface area contributed by atoms with E-state index in [0.29, 0.717) is 12.2 Å². The number of rotatable bonds is 3. The van der Waals surface area contributed by atoms with E-state index < -0.39 is 15.8 Å². The van der Waals surface area contributed by atoms with Crippen molar-refractivity contribution in [1.29, 1.82) is 0 Å². The minimum absolute atomic E-state index is 0.0387. The van der Waals surface area contributed by atoms with Gasteiger partial charge in [0, 0.05) is 12.4 Å². The summed E-state index contributed by atoms with van der Waals surface area (Å²) < 4.78 is 28.9. The van der Waals surface area contributed by atoms with Crippen LogP contribution in [0, 0.1) is 5.92 Å². The van der Waals surface area contributed by atoms with Crippen molar-refractivity contribution in [3.63, 3.8) is 0 Å². The number of furan rings is 1. The molecule has 0 spiro atoms. The lowest BCUT2D eigenvalue weighted by molar-refractivity contribution is -0.135. The Hall–Kier alpha value is -1.82. The molecule has 2 heterocycles. The first-order valence-corrected chi connectivity index (χ1v) is 9.15. The third kappa shape index (κ3) is 2.75. The number of benzene rings is 1. The molecule has 0 radical (unpaired) electrons. The molecule has 1 aliphatic heterocycles. The van der Waals surface area contributed by atoms with Crippen molar-refractivity contribution in [2.75, 3.05) is 18.6 Å². The summed E-state index contributed by atoms with van der Waals surface area (Å²) in [6, 6.07) is 9.37. The molecule has 0 bridgehead atoms. The predicted octanol–water partition coefficient (Wildman–Crippen LogP) is 2.39. The lowest BCUT2D eigenvalue weighted by Crippen LogP contribution is -2.35. The Kier molecular flexibility index (Phi) is 3.72. The average molecular weight is 321 g/mol. The van der Waals surface area contributed by atoms with Gasteiger partial charge in [0.2, 0.25) is 5.91 Å². The fraction of sp³-hybridized carbons (Fsp3) is 0.438. The predicted molar refractivity (Wildman–Crippen MR) is 84.2 cm³/mol. The maximum Gasteiger partial charge on any atom is 0.227 e. The van der Waals surface area contributed by atoms with Crippen LogP contribution in [0.3, 0.4) is 0 Å². The van der Waals surface area contributed by atoms with Crippen molar-refractivity contribution >= 4 is 26.7 Å². The van der Waals surface area contributed by atoms with Crippen LogP contribution < -0.4 is 0 Å². The largest absolute Gasteiger partial charge is 0.459 e. The molecule has 1 saturated heterocycles. The molecule has 1 aromatic carbocycles. The molecule has 22 heavy (non-hydrogen) atoms. The summed E-state index contributed by atoms with van der Waals surface area (Å²) in [5.41, 5.74) is 0.786. The quantitative estimate of drug-likeness (QED) is 0.870. The number of carbonyl (C=O) groups excluding carboxylic acids is 1. The van der Waals surface area contributed by atoms with Gasteiger partial charge in [-0.25, -0.2) is 8.42 Å². The Labute approximate surface area is 129 Å². The van der Waals surface area contributed by atoms with Crippen LogP contribution in [0.1, 0.15) is 25.1 Å². The molecule has 1 aliphatic rings. The van der Waals surface area contributed by atoms with E-state index in [1.807, 2.05) is 37.3 Å². The molecule has 6 heteroatoms. The van der Waals surface area contributed by atoms with Crippen LogP contribution in [0.4, 0.5) is 0 Å². The molecule has 2 unspecified atom stereocenters. The van der Waals surface area contributed by atoms with Gasteiger partial charge < -0.3 is 9.32 Å². The van der Waals surface area contributed by atoms with E-state index in [0.717, 1.165) is 11.0 Å². The van der Waals surface area contributed by atoms with Gasteiger partial charge in [-0.1, -0.05) is 18.2 Å². The average Bonchev–Trinajstić information content (AvgIpc) is 3.07. The van der Waals surface area contributed by atoms with E-state index in [1.54, 1.807) is 11.9 Å². The number of nitrogens with zero attached hydrogens (tertiary/aromatic N) is 1. The highest BCUT2D eigenvalue weighted by molar-refractivity contribution is 7.91. The summed E-state index contributed by atoms with van der Waals surface area (Å²) in [7, 11) is -1.36. The minimum Gasteiger partial charge on any atom is -0.459 e. The highest BCUT2D eigenvalue weighted by Crippen LogP contribution is 2.29. The Morgan fingerprint density at radius 1 is 1.36 bits per heavy atom. The normalized spacial score (nSPS) is 21.8. The van der Waals surface area contributed by atoms with Gasteiger partial charge in [0.15, 0.2) is 9.84 Å². The van der Waals surface area contributed by atoms with Crippen LogP contribution in [0.5, 0.6) is 0 Å². The summed E-state index contributed by atoms with van der Waals surface area (Å²) in [5.74, 6) is 0.216. The minimum atomic E-state index is -3.06. The third-order valence-corrected chi connectivity index (χ3v) is 6.13. The molecular formula is C16H19NO4S. The zero-order valence-corrected chi connectivity index (χ0v) is 13.5. The Balaban J connectivity index is 1.79. The Bertz CT molecular complexity index is 775. The van der Waals surface area contributed by atoms with Crippen LogP contribution in [0.25, 0.3) is 11.0 Å². The number of hydrogen-bond acceptors (Lipinski definition) is 4. The maximum absolute atomic E-state index is 12.5. The standard InChI is InChI=1S/C16H19NO4S/c1-11(15-9-12-5-3-4-6-14(12)21-15)17(2)16(18)13-7-8-22(19,20)10-13/h3-6,9,11,13H,7-8,10H2,1-2H3. The van der Waals surface area contributed by atoms with Gasteiger partial charge in [-0.3, -0.25) is 4.79 Å². The SMILES string of the molecule is CC(c1cc2ccccc2o1)N(C)C(=O)C1CCS(=O)(=O)C1. The second kappa shape index (κ2) is 5.43. The molecule has 118 valence electrons. The van der Waals surface area contributed by atoms with Gasteiger partial charge in [-0.2, -0.15) is 0 Å². The topological polar surface area (TPSA) is 67.6 Å². The fourth-order valence-electron chi connectivity index (χ4n) is 2.87. The van der Waals surface area contributed by atoms with E-state index in [1.165, 1.54) is 0 Å². The van der Waals surface area contributed by atoms with Crippen molar-refractivity contribution in [3.05, 3.63) is 36.1 Å². The smallest absolute Gasteiger partial charge is 0.227 e. The van der Waals surface area contributed by atoms with Gasteiger partial charge in [0.25, 0.3) is 0 Å². The lowest BCUT2D eigenvalue weighted by Gasteiger charge is -2.25. The number of amides is 1. The van der Waals surface area contributed by atoms with Crippen LogP contribution in [-0.2, 0) is 14.6 Å². The van der Waals surface area contributed by atoms with Crippen molar-refractivity contribution in [2.24, 2.45) is 5.92 Å². The van der Waals surface area contributed by atoms with E-state index in [9.17, 15) is 13.2 Å². The summed E-state index contributed by atoms with van der Waals surface area (Å²) in [6.45, 7) is 1.89. The zero-order chi connectivity index (χ0) is 15.9. The summed E-state index contributed by atoms with van der Waals surface area (Å²) in [4.78, 5) is 14.1. The second-order valence-electron chi connectivity index (χ2n) is 5.91. The monoisotopic (exact) mass is 321 g/mol. The first-order chi connectivity index (χ1) is 10.4. The molecule has 1 aromatic heterocycles. The molecule has 5 nitrogen and oxygen atoms in total. The van der Waals surface area contributed by atoms with E-state index in [4.69, 9.17) is 4.42 Å². The van der Waals surface area contributed by atoms with E-state index in [2.05, 4.69) is 0 Å². The van der Waals surface area contributed by atoms with Crippen molar-refractivity contribution in [3.8, 4) is 0 Å². The van der Waals surface area contributed by atoms with Crippen molar-refractivity contribution in [2.45, 2.75) is 19.4 Å². The third-order valence-electron chi connectivity index (χ3n) is 4.37. The fourth-order valence-corrected chi connectivity index (χ4v) is 4.60. The molecule has 0 saturated carbocycles. The van der Waals surface area contributed by atoms with E-state index >= 15 is 0 Å². The first-order valence-electron chi connectivity index (χ1n) is 7.33. The summed E-state index contributed by atoms with van der Waals surface area (Å²) in [5, 5.41) is 0.994. The second-order valence-corrected chi connectivity index (χ2v) is 8.14. The molecular weight excluding hydrogens is 302 g/mol. The highest BCUT2D eigenvalue weighted by atomic mass is 32.2. The number of fused-ring (bicyclic) bond motifs is 1. The van der Waals surface area contributed by atoms with Crippen molar-refractivity contribution in [1.82, 2.24) is 4.90 Å². The molecule has 3 rings (SSSR count). The van der Waals surface area contributed by atoms with Gasteiger partial charge in [-0.15, -0.1) is 0 Å².